The molecule has 2 aromatic heterocycles. The largest absolute Gasteiger partial charge is 0.480 e. The maximum Gasteiger partial charge on any atom is 0.332 e. The number of anilines is 2. The van der Waals surface area contributed by atoms with Crippen molar-refractivity contribution >= 4 is 41.0 Å². The number of nitrogens with zero attached hydrogens (tertiary/aromatic N) is 6. The van der Waals surface area contributed by atoms with Crippen LogP contribution in [0.15, 0.2) is 46.0 Å². The lowest BCUT2D eigenvalue weighted by atomic mass is 10.1. The van der Waals surface area contributed by atoms with E-state index in [4.69, 9.17) is 14.9 Å². The number of fused-ring (bicyclic) bond motifs is 1. The molecule has 0 saturated carbocycles. The first-order valence-corrected chi connectivity index (χ1v) is 14.4. The Morgan fingerprint density at radius 1 is 1.20 bits per heavy atom. The Kier molecular flexibility index (Phi) is 9.72. The number of allylic oxidation sites excluding steroid dienone is 2. The molecule has 0 bridgehead atoms. The molecule has 0 spiro atoms. The van der Waals surface area contributed by atoms with Crippen LogP contribution in [0.1, 0.15) is 50.9 Å². The van der Waals surface area contributed by atoms with Gasteiger partial charge in [-0.1, -0.05) is 24.3 Å². The fourth-order valence-electron chi connectivity index (χ4n) is 5.25. The van der Waals surface area contributed by atoms with Crippen molar-refractivity contribution in [2.75, 3.05) is 29.9 Å². The van der Waals surface area contributed by atoms with E-state index in [1.165, 1.54) is 22.7 Å². The van der Waals surface area contributed by atoms with Crippen LogP contribution in [0, 0.1) is 0 Å². The number of carboxylic acid groups (broad SMARTS) is 1. The molecule has 0 radical (unpaired) electrons. The third kappa shape index (κ3) is 6.91. The van der Waals surface area contributed by atoms with Crippen molar-refractivity contribution in [1.29, 1.82) is 0 Å². The van der Waals surface area contributed by atoms with Crippen LogP contribution in [-0.4, -0.2) is 78.3 Å². The second-order valence-electron chi connectivity index (χ2n) is 11.6. The van der Waals surface area contributed by atoms with E-state index in [1.54, 1.807) is 22.8 Å². The van der Waals surface area contributed by atoms with Gasteiger partial charge in [-0.15, -0.1) is 0 Å². The number of piperidine rings is 1. The summed E-state index contributed by atoms with van der Waals surface area (Å²) >= 11 is 0. The second-order valence-corrected chi connectivity index (χ2v) is 11.6. The minimum atomic E-state index is -1.10. The maximum atomic E-state index is 14.0. The number of carboxylic acids is 1. The molecule has 1 aromatic carbocycles. The van der Waals surface area contributed by atoms with Crippen molar-refractivity contribution in [1.82, 2.24) is 23.7 Å². The van der Waals surface area contributed by atoms with Crippen molar-refractivity contribution in [2.45, 2.75) is 65.3 Å². The lowest BCUT2D eigenvalue weighted by Gasteiger charge is -2.39. The SMILES string of the molecule is C/C=C/Cn1c(N2CCC[C@@H](N(C=O)OC(C)(C)C)C2)nc2c1c(=O)n(CC(=O)c1ccccc1NCC(=O)O)c(=O)n2C. The number of nitrogens with one attached hydrogen (secondary N) is 1. The molecular weight excluding hydrogens is 570 g/mol. The molecule has 0 unspecified atom stereocenters. The second kappa shape index (κ2) is 13.3. The Morgan fingerprint density at radius 3 is 2.59 bits per heavy atom. The number of carbonyl (C=O) groups is 3. The predicted molar refractivity (Wildman–Crippen MR) is 165 cm³/mol. The average Bonchev–Trinajstić information content (AvgIpc) is 3.38. The molecule has 1 amide bonds. The zero-order valence-corrected chi connectivity index (χ0v) is 25.6. The summed E-state index contributed by atoms with van der Waals surface area (Å²) in [4.78, 5) is 76.4. The van der Waals surface area contributed by atoms with E-state index in [0.717, 1.165) is 17.4 Å². The van der Waals surface area contributed by atoms with Crippen LogP contribution in [0.2, 0.25) is 0 Å². The van der Waals surface area contributed by atoms with Crippen LogP contribution in [0.5, 0.6) is 0 Å². The molecule has 1 saturated heterocycles. The van der Waals surface area contributed by atoms with E-state index in [9.17, 15) is 24.0 Å². The lowest BCUT2D eigenvalue weighted by Crippen LogP contribution is -2.50. The van der Waals surface area contributed by atoms with Crippen molar-refractivity contribution in [3.05, 3.63) is 62.8 Å². The van der Waals surface area contributed by atoms with E-state index >= 15 is 0 Å². The Morgan fingerprint density at radius 2 is 1.93 bits per heavy atom. The number of carbonyl (C=O) groups excluding carboxylic acids is 2. The quantitative estimate of drug-likeness (QED) is 0.135. The van der Waals surface area contributed by atoms with Gasteiger partial charge in [0.2, 0.25) is 12.4 Å². The fraction of sp³-hybridized carbons (Fsp3) is 0.467. The minimum absolute atomic E-state index is 0.155. The maximum absolute atomic E-state index is 14.0. The molecular formula is C30H39N7O7. The number of hydroxylamine groups is 2. The third-order valence-corrected chi connectivity index (χ3v) is 7.22. The Bertz CT molecular complexity index is 1700. The molecule has 3 aromatic rings. The number of aryl methyl sites for hydroxylation is 1. The van der Waals surface area contributed by atoms with E-state index in [1.807, 2.05) is 44.7 Å². The fourth-order valence-corrected chi connectivity index (χ4v) is 5.25. The number of para-hydroxylation sites is 1. The molecule has 3 heterocycles. The molecule has 236 valence electrons. The number of hydrogen-bond acceptors (Lipinski definition) is 9. The molecule has 1 aliphatic heterocycles. The van der Waals surface area contributed by atoms with E-state index in [2.05, 4.69) is 5.32 Å². The highest BCUT2D eigenvalue weighted by molar-refractivity contribution is 6.01. The summed E-state index contributed by atoms with van der Waals surface area (Å²) in [6, 6.07) is 6.07. The highest BCUT2D eigenvalue weighted by Gasteiger charge is 2.32. The molecule has 44 heavy (non-hydrogen) atoms. The number of Topliss-reactive ketones (excluding diaryl/α,β-unsaturated/α-hetero) is 1. The summed E-state index contributed by atoms with van der Waals surface area (Å²) < 4.78 is 3.84. The first kappa shape index (κ1) is 32.2. The summed E-state index contributed by atoms with van der Waals surface area (Å²) in [5.41, 5.74) is -1.19. The van der Waals surface area contributed by atoms with Crippen LogP contribution in [0.25, 0.3) is 11.2 Å². The van der Waals surface area contributed by atoms with Crippen LogP contribution in [-0.2, 0) is 34.6 Å². The van der Waals surface area contributed by atoms with Gasteiger partial charge in [0.1, 0.15) is 6.54 Å². The van der Waals surface area contributed by atoms with Gasteiger partial charge in [0, 0.05) is 37.9 Å². The van der Waals surface area contributed by atoms with Gasteiger partial charge in [-0.05, 0) is 52.7 Å². The number of rotatable bonds is 12. The lowest BCUT2D eigenvalue weighted by molar-refractivity contribution is -0.232. The van der Waals surface area contributed by atoms with Crippen LogP contribution in [0.4, 0.5) is 11.6 Å². The van der Waals surface area contributed by atoms with Gasteiger partial charge in [-0.3, -0.25) is 33.1 Å². The molecule has 2 N–H and O–H groups in total. The summed E-state index contributed by atoms with van der Waals surface area (Å²) in [6.45, 7) is 7.77. The highest BCUT2D eigenvalue weighted by Crippen LogP contribution is 2.26. The van der Waals surface area contributed by atoms with Gasteiger partial charge in [-0.25, -0.2) is 9.86 Å². The number of aromatic nitrogens is 4. The molecule has 1 atom stereocenters. The van der Waals surface area contributed by atoms with Crippen molar-refractivity contribution < 1.29 is 24.3 Å². The number of imidazole rings is 1. The Labute approximate surface area is 254 Å². The molecule has 0 aliphatic carbocycles. The number of benzene rings is 1. The molecule has 14 heteroatoms. The first-order chi connectivity index (χ1) is 20.9. The van der Waals surface area contributed by atoms with Crippen molar-refractivity contribution in [3.63, 3.8) is 0 Å². The summed E-state index contributed by atoms with van der Waals surface area (Å²) in [5, 5.41) is 13.1. The van der Waals surface area contributed by atoms with Crippen LogP contribution in [0.3, 0.4) is 0 Å². The normalized spacial score (nSPS) is 15.6. The predicted octanol–water partition coefficient (Wildman–Crippen LogP) is 2.01. The van der Waals surface area contributed by atoms with Crippen molar-refractivity contribution in [3.8, 4) is 0 Å². The van der Waals surface area contributed by atoms with Crippen molar-refractivity contribution in [2.24, 2.45) is 7.05 Å². The zero-order chi connectivity index (χ0) is 32.2. The number of ketones is 1. The topological polar surface area (TPSA) is 161 Å². The Hall–Kier alpha value is -4.72. The monoisotopic (exact) mass is 609 g/mol. The van der Waals surface area contributed by atoms with E-state index in [-0.39, 0.29) is 35.0 Å². The minimum Gasteiger partial charge on any atom is -0.480 e. The summed E-state index contributed by atoms with van der Waals surface area (Å²) in [7, 11) is 1.49. The number of aliphatic carboxylic acids is 1. The number of hydrogen-bond donors (Lipinski definition) is 2. The van der Waals surface area contributed by atoms with E-state index < -0.39 is 41.7 Å². The van der Waals surface area contributed by atoms with Gasteiger partial charge < -0.3 is 19.9 Å². The highest BCUT2D eigenvalue weighted by atomic mass is 16.7. The number of amides is 1. The average molecular weight is 610 g/mol. The Balaban J connectivity index is 1.77. The summed E-state index contributed by atoms with van der Waals surface area (Å²) in [6.07, 6.45) is 5.83. The van der Waals surface area contributed by atoms with Gasteiger partial charge in [0.15, 0.2) is 16.9 Å². The van der Waals surface area contributed by atoms with Gasteiger partial charge in [-0.2, -0.15) is 4.98 Å². The first-order valence-electron chi connectivity index (χ1n) is 14.4. The van der Waals surface area contributed by atoms with Gasteiger partial charge in [0.25, 0.3) is 5.56 Å². The molecule has 14 nitrogen and oxygen atoms in total. The smallest absolute Gasteiger partial charge is 0.332 e. The van der Waals surface area contributed by atoms with Gasteiger partial charge >= 0.3 is 11.7 Å². The standard InChI is InChI=1S/C30H39N7O7/c1-6-7-15-35-25-26(32-28(35)34-14-10-11-20(17-34)37(19-38)44-30(2,3)4)33(5)29(43)36(27(25)42)18-23(39)21-12-8-9-13-22(21)31-16-24(40)41/h6-9,12-13,19-20,31H,10-11,14-18H2,1-5H3,(H,40,41)/b7-6+/t20-/m1/s1. The van der Waals surface area contributed by atoms with Crippen LogP contribution >= 0.6 is 0 Å². The molecule has 4 rings (SSSR count). The molecule has 1 fully saturated rings. The third-order valence-electron chi connectivity index (χ3n) is 7.22. The van der Waals surface area contributed by atoms with E-state index in [0.29, 0.717) is 25.4 Å². The van der Waals surface area contributed by atoms with Crippen LogP contribution < -0.4 is 21.5 Å². The zero-order valence-electron chi connectivity index (χ0n) is 25.6. The van der Waals surface area contributed by atoms with Gasteiger partial charge in [0.05, 0.1) is 18.2 Å². The summed E-state index contributed by atoms with van der Waals surface area (Å²) in [5.74, 6) is -1.18. The molecule has 1 aliphatic rings.